The lowest BCUT2D eigenvalue weighted by Gasteiger charge is -2.22. The number of benzene rings is 1. The lowest BCUT2D eigenvalue weighted by Crippen LogP contribution is -2.04. The largest absolute Gasteiger partial charge is 0.380 e. The maximum atomic E-state index is 5.11. The highest BCUT2D eigenvalue weighted by molar-refractivity contribution is 5.25. The normalized spacial score (nSPS) is 17.9. The Labute approximate surface area is 92.5 Å². The molecular formula is C14H20O. The summed E-state index contributed by atoms with van der Waals surface area (Å²) in [7, 11) is 1.75. The van der Waals surface area contributed by atoms with E-state index in [-0.39, 0.29) is 0 Å². The summed E-state index contributed by atoms with van der Waals surface area (Å²) >= 11 is 0. The van der Waals surface area contributed by atoms with Crippen molar-refractivity contribution in [1.82, 2.24) is 0 Å². The van der Waals surface area contributed by atoms with Gasteiger partial charge in [-0.3, -0.25) is 0 Å². The molecule has 1 saturated carbocycles. The molecule has 1 aromatic rings. The van der Waals surface area contributed by atoms with E-state index < -0.39 is 0 Å². The average Bonchev–Trinajstić information content (AvgIpc) is 2.32. The summed E-state index contributed by atoms with van der Waals surface area (Å²) in [6.45, 7) is 0.727. The summed E-state index contributed by atoms with van der Waals surface area (Å²) in [5.41, 5.74) is 2.80. The third-order valence-electron chi connectivity index (χ3n) is 3.37. The third kappa shape index (κ3) is 2.82. The van der Waals surface area contributed by atoms with Crippen LogP contribution in [0.3, 0.4) is 0 Å². The van der Waals surface area contributed by atoms with Crippen LogP contribution >= 0.6 is 0 Å². The van der Waals surface area contributed by atoms with Crippen molar-refractivity contribution in [2.45, 2.75) is 44.6 Å². The molecule has 0 saturated heterocycles. The van der Waals surface area contributed by atoms with Crippen LogP contribution in [-0.2, 0) is 11.3 Å². The smallest absolute Gasteiger partial charge is 0.0713 e. The predicted octanol–water partition coefficient (Wildman–Crippen LogP) is 3.88. The third-order valence-corrected chi connectivity index (χ3v) is 3.37. The molecule has 2 rings (SSSR count). The second-order valence-electron chi connectivity index (χ2n) is 4.51. The van der Waals surface area contributed by atoms with Gasteiger partial charge in [0.05, 0.1) is 6.61 Å². The van der Waals surface area contributed by atoms with E-state index in [4.69, 9.17) is 4.74 Å². The van der Waals surface area contributed by atoms with Crippen LogP contribution in [-0.4, -0.2) is 7.11 Å². The average molecular weight is 204 g/mol. The molecule has 1 fully saturated rings. The van der Waals surface area contributed by atoms with Crippen LogP contribution in [0.5, 0.6) is 0 Å². The molecule has 0 bridgehead atoms. The molecule has 0 atom stereocenters. The Morgan fingerprint density at radius 3 is 2.33 bits per heavy atom. The number of methoxy groups -OCH3 is 1. The van der Waals surface area contributed by atoms with E-state index in [0.29, 0.717) is 0 Å². The van der Waals surface area contributed by atoms with E-state index in [9.17, 15) is 0 Å². The van der Waals surface area contributed by atoms with E-state index in [1.165, 1.54) is 43.2 Å². The molecule has 82 valence electrons. The molecule has 1 aliphatic carbocycles. The molecule has 0 amide bonds. The number of hydrogen-bond donors (Lipinski definition) is 0. The molecule has 0 aliphatic heterocycles. The molecule has 1 aliphatic rings. The highest BCUT2D eigenvalue weighted by atomic mass is 16.5. The lowest BCUT2D eigenvalue weighted by molar-refractivity contribution is 0.185. The van der Waals surface area contributed by atoms with Crippen molar-refractivity contribution in [1.29, 1.82) is 0 Å². The fourth-order valence-corrected chi connectivity index (χ4v) is 2.49. The van der Waals surface area contributed by atoms with Gasteiger partial charge in [-0.2, -0.15) is 0 Å². The summed E-state index contributed by atoms with van der Waals surface area (Å²) in [5, 5.41) is 0. The zero-order valence-electron chi connectivity index (χ0n) is 9.54. The van der Waals surface area contributed by atoms with Gasteiger partial charge in [-0.15, -0.1) is 0 Å². The Hall–Kier alpha value is -0.820. The van der Waals surface area contributed by atoms with Crippen LogP contribution in [0.2, 0.25) is 0 Å². The first-order valence-electron chi connectivity index (χ1n) is 5.98. The van der Waals surface area contributed by atoms with Gasteiger partial charge in [-0.1, -0.05) is 43.5 Å². The van der Waals surface area contributed by atoms with Gasteiger partial charge in [0.1, 0.15) is 0 Å². The first kappa shape index (κ1) is 10.7. The van der Waals surface area contributed by atoms with E-state index >= 15 is 0 Å². The highest BCUT2D eigenvalue weighted by Gasteiger charge is 2.14. The van der Waals surface area contributed by atoms with E-state index in [2.05, 4.69) is 24.3 Å². The molecule has 1 heteroatoms. The van der Waals surface area contributed by atoms with Gasteiger partial charge in [0.2, 0.25) is 0 Å². The molecule has 0 spiro atoms. The zero-order chi connectivity index (χ0) is 10.5. The monoisotopic (exact) mass is 204 g/mol. The van der Waals surface area contributed by atoms with Gasteiger partial charge < -0.3 is 4.74 Å². The predicted molar refractivity (Wildman–Crippen MR) is 63.0 cm³/mol. The second kappa shape index (κ2) is 5.32. The molecule has 0 aromatic heterocycles. The van der Waals surface area contributed by atoms with Crippen LogP contribution in [0.1, 0.15) is 49.1 Å². The lowest BCUT2D eigenvalue weighted by atomic mass is 9.84. The molecular weight excluding hydrogens is 184 g/mol. The summed E-state index contributed by atoms with van der Waals surface area (Å²) in [5.74, 6) is 0.815. The Bertz CT molecular complexity index is 283. The van der Waals surface area contributed by atoms with Gasteiger partial charge in [0.25, 0.3) is 0 Å². The first-order chi connectivity index (χ1) is 7.40. The van der Waals surface area contributed by atoms with Gasteiger partial charge in [-0.25, -0.2) is 0 Å². The maximum Gasteiger partial charge on any atom is 0.0713 e. The minimum atomic E-state index is 0.727. The van der Waals surface area contributed by atoms with Crippen molar-refractivity contribution in [2.75, 3.05) is 7.11 Å². The van der Waals surface area contributed by atoms with E-state index in [1.54, 1.807) is 7.11 Å². The van der Waals surface area contributed by atoms with E-state index in [1.807, 2.05) is 0 Å². The van der Waals surface area contributed by atoms with Gasteiger partial charge >= 0.3 is 0 Å². The summed E-state index contributed by atoms with van der Waals surface area (Å²) in [6, 6.07) is 8.97. The molecule has 0 unspecified atom stereocenters. The molecule has 1 aromatic carbocycles. The minimum Gasteiger partial charge on any atom is -0.380 e. The number of rotatable bonds is 3. The first-order valence-corrected chi connectivity index (χ1v) is 5.98. The van der Waals surface area contributed by atoms with Gasteiger partial charge in [-0.05, 0) is 29.9 Å². The van der Waals surface area contributed by atoms with Crippen molar-refractivity contribution < 1.29 is 4.74 Å². The maximum absolute atomic E-state index is 5.11. The van der Waals surface area contributed by atoms with Gasteiger partial charge in [0.15, 0.2) is 0 Å². The van der Waals surface area contributed by atoms with Crippen LogP contribution in [0, 0.1) is 0 Å². The molecule has 1 nitrogen and oxygen atoms in total. The van der Waals surface area contributed by atoms with Crippen LogP contribution in [0.4, 0.5) is 0 Å². The van der Waals surface area contributed by atoms with Crippen molar-refractivity contribution in [3.63, 3.8) is 0 Å². The highest BCUT2D eigenvalue weighted by Crippen LogP contribution is 2.32. The van der Waals surface area contributed by atoms with Crippen molar-refractivity contribution >= 4 is 0 Å². The fourth-order valence-electron chi connectivity index (χ4n) is 2.49. The SMILES string of the molecule is COCc1ccc(C2CCCCC2)cc1. The Morgan fingerprint density at radius 1 is 1.07 bits per heavy atom. The standard InChI is InChI=1S/C14H20O/c1-15-11-12-7-9-14(10-8-12)13-5-3-2-4-6-13/h7-10,13H,2-6,11H2,1H3. The molecule has 15 heavy (non-hydrogen) atoms. The zero-order valence-corrected chi connectivity index (χ0v) is 9.54. The number of hydrogen-bond acceptors (Lipinski definition) is 1. The molecule has 0 N–H and O–H groups in total. The van der Waals surface area contributed by atoms with Gasteiger partial charge in [0, 0.05) is 7.11 Å². The minimum absolute atomic E-state index is 0.727. The van der Waals surface area contributed by atoms with Crippen LogP contribution in [0.25, 0.3) is 0 Å². The number of ether oxygens (including phenoxy) is 1. The summed E-state index contributed by atoms with van der Waals surface area (Å²) in [6.07, 6.45) is 7.00. The Morgan fingerprint density at radius 2 is 1.73 bits per heavy atom. The van der Waals surface area contributed by atoms with Crippen molar-refractivity contribution in [3.05, 3.63) is 35.4 Å². The quantitative estimate of drug-likeness (QED) is 0.726. The summed E-state index contributed by atoms with van der Waals surface area (Å²) < 4.78 is 5.11. The van der Waals surface area contributed by atoms with E-state index in [0.717, 1.165) is 12.5 Å². The van der Waals surface area contributed by atoms with Crippen molar-refractivity contribution in [2.24, 2.45) is 0 Å². The Balaban J connectivity index is 2.02. The second-order valence-corrected chi connectivity index (χ2v) is 4.51. The van der Waals surface area contributed by atoms with Crippen molar-refractivity contribution in [3.8, 4) is 0 Å². The van der Waals surface area contributed by atoms with Crippen LogP contribution in [0.15, 0.2) is 24.3 Å². The molecule has 0 radical (unpaired) electrons. The van der Waals surface area contributed by atoms with Crippen LogP contribution < -0.4 is 0 Å². The Kier molecular flexibility index (Phi) is 3.79. The summed E-state index contributed by atoms with van der Waals surface area (Å²) in [4.78, 5) is 0. The topological polar surface area (TPSA) is 9.23 Å². The molecule has 0 heterocycles. The fraction of sp³-hybridized carbons (Fsp3) is 0.571.